The van der Waals surface area contributed by atoms with Gasteiger partial charge in [0.2, 0.25) is 0 Å². The molecule has 0 aromatic heterocycles. The molecule has 0 amide bonds. The first-order valence-electron chi connectivity index (χ1n) is 35.2. The summed E-state index contributed by atoms with van der Waals surface area (Å²) in [5.41, 5.74) is 14.7. The van der Waals surface area contributed by atoms with Crippen LogP contribution in [0.15, 0.2) is 291 Å². The van der Waals surface area contributed by atoms with Crippen LogP contribution in [0.25, 0.3) is 0 Å². The molecule has 548 valence electrons. The Morgan fingerprint density at radius 3 is 0.434 bits per heavy atom. The first-order chi connectivity index (χ1) is 50.3. The van der Waals surface area contributed by atoms with Gasteiger partial charge in [0, 0.05) is 66.5 Å². The van der Waals surface area contributed by atoms with E-state index in [0.717, 1.165) is 22.3 Å². The number of carboxylic acids is 4. The minimum absolute atomic E-state index is 0. The molecule has 0 unspecified atom stereocenters. The number of carboxylic acid groups (broad SMARTS) is 4. The zero-order valence-electron chi connectivity index (χ0n) is 61.2. The molecule has 14 heteroatoms. The van der Waals surface area contributed by atoms with Gasteiger partial charge in [-0.25, -0.2) is 0 Å². The minimum atomic E-state index is -0.754. The van der Waals surface area contributed by atoms with Gasteiger partial charge < -0.3 is 20.4 Å². The van der Waals surface area contributed by atoms with Crippen LogP contribution >= 0.6 is 31.7 Å². The molecule has 12 rings (SSSR count). The molecule has 106 heavy (non-hydrogen) atoms. The van der Waals surface area contributed by atoms with E-state index in [1.807, 2.05) is 24.3 Å². The molecule has 0 fully saturated rings. The van der Waals surface area contributed by atoms with Crippen LogP contribution in [0.2, 0.25) is 0 Å². The smallest absolute Gasteiger partial charge is 0.303 e. The number of aryl methyl sites for hydroxylation is 12. The number of rotatable bonds is 24. The second kappa shape index (κ2) is 42.8. The van der Waals surface area contributed by atoms with Crippen molar-refractivity contribution in [3.05, 3.63) is 358 Å². The molecule has 0 saturated carbocycles. The van der Waals surface area contributed by atoms with Gasteiger partial charge in [0.05, 0.1) is 0 Å². The molecule has 0 spiro atoms. The number of hydrogen-bond acceptors (Lipinski definition) is 4. The van der Waals surface area contributed by atoms with Crippen molar-refractivity contribution in [1.82, 2.24) is 0 Å². The van der Waals surface area contributed by atoms with Crippen LogP contribution in [0.1, 0.15) is 92.4 Å². The summed E-state index contributed by atoms with van der Waals surface area (Å²) in [6.45, 7) is 17.2. The van der Waals surface area contributed by atoms with Gasteiger partial charge in [-0.3, -0.25) is 19.2 Å². The predicted octanol–water partition coefficient (Wildman–Crippen LogP) is 16.3. The van der Waals surface area contributed by atoms with Crippen molar-refractivity contribution >= 4 is 119 Å². The largest absolute Gasteiger partial charge is 0.481 e. The normalized spacial score (nSPS) is 10.7. The van der Waals surface area contributed by atoms with Gasteiger partial charge in [-0.2, -0.15) is 0 Å². The third kappa shape index (κ3) is 23.3. The molecule has 0 aliphatic rings. The molecular weight excluding hydrogens is 1570 g/mol. The Morgan fingerprint density at radius 1 is 0.198 bits per heavy atom. The Hall–Kier alpha value is -8.44. The van der Waals surface area contributed by atoms with E-state index in [1.165, 1.54) is 108 Å². The van der Waals surface area contributed by atoms with Gasteiger partial charge in [0.1, 0.15) is 0 Å². The van der Waals surface area contributed by atoms with E-state index in [0.29, 0.717) is 25.7 Å². The van der Waals surface area contributed by atoms with Crippen molar-refractivity contribution < 1.29 is 80.4 Å². The first-order valence-corrected chi connectivity index (χ1v) is 40.5. The fraction of sp³-hybridized carbons (Fsp3) is 0.174. The predicted molar refractivity (Wildman–Crippen MR) is 442 cm³/mol. The quantitative estimate of drug-likeness (QED) is 0.0345. The third-order valence-electron chi connectivity index (χ3n) is 18.2. The Labute approximate surface area is 659 Å². The fourth-order valence-electron chi connectivity index (χ4n) is 12.8. The molecule has 0 aliphatic heterocycles. The van der Waals surface area contributed by atoms with Gasteiger partial charge in [-0.15, -0.1) is 0 Å². The van der Waals surface area contributed by atoms with E-state index in [9.17, 15) is 19.2 Å². The SMILES string of the molecule is Cc1ccccc1P(c1ccccc1C)c1ccccc1CCC(=O)O.Cc1ccccc1P(c1ccccc1C)c1ccccc1CCC(=O)O.Cc1ccccc1P(c1ccccc1C)c1ccccc1CCC(=O)O.Cc1ccccc1P(c1ccccc1C)c1ccccc1CCC(=O)O.[Pd].[Pd]. The monoisotopic (exact) mass is 1660 g/mol. The molecule has 0 saturated heterocycles. The summed E-state index contributed by atoms with van der Waals surface area (Å²) in [6.07, 6.45) is 2.85. The zero-order chi connectivity index (χ0) is 74.1. The summed E-state index contributed by atoms with van der Waals surface area (Å²) < 4.78 is 0. The van der Waals surface area contributed by atoms with Crippen molar-refractivity contribution in [2.45, 2.75) is 107 Å². The molecule has 0 aliphatic carbocycles. The molecule has 12 aromatic carbocycles. The summed E-state index contributed by atoms with van der Waals surface area (Å²) in [5.74, 6) is -3.02. The standard InChI is InChI=1S/4C23H23O2P.2Pd/c4*1-17-9-3-6-12-20(17)26(21-13-7-4-10-18(21)2)22-14-8-5-11-19(22)15-16-23(24)25;;/h4*3-14H,15-16H2,1-2H3,(H,24,25);;. The molecule has 12 aromatic rings. The van der Waals surface area contributed by atoms with Gasteiger partial charge in [0.15, 0.2) is 0 Å². The summed E-state index contributed by atoms with van der Waals surface area (Å²) in [4.78, 5) is 44.4. The molecule has 0 atom stereocenters. The van der Waals surface area contributed by atoms with Crippen LogP contribution in [0.5, 0.6) is 0 Å². The van der Waals surface area contributed by atoms with E-state index in [2.05, 4.69) is 322 Å². The summed E-state index contributed by atoms with van der Waals surface area (Å²) in [5, 5.41) is 52.2. The van der Waals surface area contributed by atoms with Crippen molar-refractivity contribution in [2.24, 2.45) is 0 Å². The van der Waals surface area contributed by atoms with Gasteiger partial charge in [0.25, 0.3) is 0 Å². The average molecular weight is 1660 g/mol. The van der Waals surface area contributed by atoms with Gasteiger partial charge in [-0.1, -0.05) is 291 Å². The maximum Gasteiger partial charge on any atom is 0.303 e. The summed E-state index contributed by atoms with van der Waals surface area (Å²) in [6, 6.07) is 101. The third-order valence-corrected chi connectivity index (χ3v) is 29.8. The maximum atomic E-state index is 11.1. The molecule has 0 radical (unpaired) electrons. The Kier molecular flexibility index (Phi) is 34.2. The first kappa shape index (κ1) is 84.8. The fourth-order valence-corrected chi connectivity index (χ4v) is 24.0. The number of aliphatic carboxylic acids is 4. The summed E-state index contributed by atoms with van der Waals surface area (Å²) in [7, 11) is -2.93. The van der Waals surface area contributed by atoms with E-state index in [1.54, 1.807) is 0 Å². The van der Waals surface area contributed by atoms with Gasteiger partial charge >= 0.3 is 23.9 Å². The number of benzene rings is 12. The Bertz CT molecular complexity index is 4110. The van der Waals surface area contributed by atoms with E-state index in [4.69, 9.17) is 20.4 Å². The molecule has 0 bridgehead atoms. The van der Waals surface area contributed by atoms with Crippen molar-refractivity contribution in [1.29, 1.82) is 0 Å². The van der Waals surface area contributed by atoms with Crippen LogP contribution in [0.3, 0.4) is 0 Å². The van der Waals surface area contributed by atoms with E-state index >= 15 is 0 Å². The van der Waals surface area contributed by atoms with Crippen molar-refractivity contribution in [3.8, 4) is 0 Å². The summed E-state index contributed by atoms with van der Waals surface area (Å²) >= 11 is 0. The van der Waals surface area contributed by atoms with Crippen LogP contribution < -0.4 is 63.7 Å². The minimum Gasteiger partial charge on any atom is -0.481 e. The van der Waals surface area contributed by atoms with Crippen LogP contribution in [-0.2, 0) is 85.7 Å². The van der Waals surface area contributed by atoms with Crippen molar-refractivity contribution in [3.63, 3.8) is 0 Å². The van der Waals surface area contributed by atoms with Crippen molar-refractivity contribution in [2.75, 3.05) is 0 Å². The number of carbonyl (C=O) groups is 4. The van der Waals surface area contributed by atoms with E-state index in [-0.39, 0.29) is 66.5 Å². The average Bonchev–Trinajstić information content (AvgIpc) is 0.806. The van der Waals surface area contributed by atoms with Gasteiger partial charge in [-0.05, 0) is 243 Å². The van der Waals surface area contributed by atoms with E-state index < -0.39 is 55.6 Å². The van der Waals surface area contributed by atoms with Crippen LogP contribution in [0.4, 0.5) is 0 Å². The second-order valence-electron chi connectivity index (χ2n) is 25.7. The Morgan fingerprint density at radius 2 is 0.311 bits per heavy atom. The maximum absolute atomic E-state index is 11.1. The zero-order valence-corrected chi connectivity index (χ0v) is 67.9. The molecular formula is C92H92O8P4Pd2. The van der Waals surface area contributed by atoms with Crippen LogP contribution in [0, 0.1) is 55.4 Å². The molecule has 4 N–H and O–H groups in total. The molecule has 0 heterocycles. The van der Waals surface area contributed by atoms with Crippen LogP contribution in [-0.4, -0.2) is 44.3 Å². The molecule has 8 nitrogen and oxygen atoms in total. The Balaban J connectivity index is 0.000000196. The second-order valence-corrected chi connectivity index (χ2v) is 34.2. The number of hydrogen-bond donors (Lipinski definition) is 4. The topological polar surface area (TPSA) is 149 Å².